The maximum atomic E-state index is 10.3. The standard InChI is InChI=1S/C15H32O2/c1-11(2)8-9-15(6,7)13(17)10-12(16)14(3,4)5/h11-13,16-17H,8-10H2,1-7H3. The second-order valence-electron chi connectivity index (χ2n) is 7.55. The second-order valence-corrected chi connectivity index (χ2v) is 7.55. The summed E-state index contributed by atoms with van der Waals surface area (Å²) in [6, 6.07) is 0. The lowest BCUT2D eigenvalue weighted by Crippen LogP contribution is -2.37. The van der Waals surface area contributed by atoms with E-state index >= 15 is 0 Å². The Bertz CT molecular complexity index is 213. The Labute approximate surface area is 107 Å². The zero-order valence-corrected chi connectivity index (χ0v) is 12.7. The summed E-state index contributed by atoms with van der Waals surface area (Å²) in [5.41, 5.74) is -0.272. The molecule has 0 spiro atoms. The molecule has 0 rings (SSSR count). The van der Waals surface area contributed by atoms with E-state index in [0.29, 0.717) is 12.3 Å². The van der Waals surface area contributed by atoms with Crippen molar-refractivity contribution in [1.82, 2.24) is 0 Å². The average Bonchev–Trinajstić information content (AvgIpc) is 2.13. The summed E-state index contributed by atoms with van der Waals surface area (Å²) in [5.74, 6) is 0.661. The van der Waals surface area contributed by atoms with Crippen LogP contribution in [0.15, 0.2) is 0 Å². The maximum absolute atomic E-state index is 10.3. The van der Waals surface area contributed by atoms with Gasteiger partial charge in [0.2, 0.25) is 0 Å². The predicted octanol–water partition coefficient (Wildman–Crippen LogP) is 3.61. The van der Waals surface area contributed by atoms with Gasteiger partial charge in [0, 0.05) is 6.42 Å². The number of hydrogen-bond acceptors (Lipinski definition) is 2. The molecule has 0 aromatic heterocycles. The summed E-state index contributed by atoms with van der Waals surface area (Å²) in [4.78, 5) is 0. The van der Waals surface area contributed by atoms with E-state index in [2.05, 4.69) is 27.7 Å². The van der Waals surface area contributed by atoms with Crippen LogP contribution in [0.2, 0.25) is 0 Å². The molecule has 0 bridgehead atoms. The Morgan fingerprint density at radius 2 is 1.35 bits per heavy atom. The normalized spacial score (nSPS) is 17.3. The van der Waals surface area contributed by atoms with E-state index in [-0.39, 0.29) is 10.8 Å². The minimum atomic E-state index is -0.448. The number of aliphatic hydroxyl groups excluding tert-OH is 2. The highest BCUT2D eigenvalue weighted by atomic mass is 16.3. The van der Waals surface area contributed by atoms with Gasteiger partial charge in [-0.25, -0.2) is 0 Å². The second kappa shape index (κ2) is 6.19. The summed E-state index contributed by atoms with van der Waals surface area (Å²) in [5, 5.41) is 20.3. The van der Waals surface area contributed by atoms with Crippen molar-refractivity contribution in [2.75, 3.05) is 0 Å². The lowest BCUT2D eigenvalue weighted by atomic mass is 9.75. The summed E-state index contributed by atoms with van der Waals surface area (Å²) in [6.07, 6.45) is 1.71. The molecule has 0 amide bonds. The van der Waals surface area contributed by atoms with Gasteiger partial charge in [0.15, 0.2) is 0 Å². The van der Waals surface area contributed by atoms with Gasteiger partial charge in [-0.2, -0.15) is 0 Å². The van der Waals surface area contributed by atoms with Gasteiger partial charge in [-0.05, 0) is 23.2 Å². The topological polar surface area (TPSA) is 40.5 Å². The third-order valence-electron chi connectivity index (χ3n) is 3.71. The molecule has 0 fully saturated rings. The van der Waals surface area contributed by atoms with Crippen molar-refractivity contribution in [3.63, 3.8) is 0 Å². The zero-order valence-electron chi connectivity index (χ0n) is 12.7. The van der Waals surface area contributed by atoms with Gasteiger partial charge < -0.3 is 10.2 Å². The van der Waals surface area contributed by atoms with Crippen LogP contribution in [0.5, 0.6) is 0 Å². The molecule has 0 saturated carbocycles. The molecule has 0 aromatic carbocycles. The van der Waals surface area contributed by atoms with Gasteiger partial charge >= 0.3 is 0 Å². The molecule has 0 aliphatic heterocycles. The summed E-state index contributed by atoms with van der Waals surface area (Å²) in [7, 11) is 0. The van der Waals surface area contributed by atoms with Gasteiger partial charge in [0.25, 0.3) is 0 Å². The molecule has 2 nitrogen and oxygen atoms in total. The molecule has 0 heterocycles. The van der Waals surface area contributed by atoms with Gasteiger partial charge in [0.1, 0.15) is 0 Å². The Hall–Kier alpha value is -0.0800. The van der Waals surface area contributed by atoms with Crippen molar-refractivity contribution in [2.45, 2.75) is 79.9 Å². The third-order valence-corrected chi connectivity index (χ3v) is 3.71. The van der Waals surface area contributed by atoms with Crippen LogP contribution in [0.25, 0.3) is 0 Å². The Balaban J connectivity index is 4.33. The molecule has 2 unspecified atom stereocenters. The number of rotatable bonds is 6. The largest absolute Gasteiger partial charge is 0.392 e. The van der Waals surface area contributed by atoms with Crippen LogP contribution >= 0.6 is 0 Å². The molecule has 2 atom stereocenters. The molecule has 17 heavy (non-hydrogen) atoms. The maximum Gasteiger partial charge on any atom is 0.0615 e. The fourth-order valence-electron chi connectivity index (χ4n) is 1.71. The van der Waals surface area contributed by atoms with Crippen molar-refractivity contribution in [3.05, 3.63) is 0 Å². The van der Waals surface area contributed by atoms with E-state index in [1.165, 1.54) is 0 Å². The van der Waals surface area contributed by atoms with E-state index in [4.69, 9.17) is 0 Å². The molecule has 0 radical (unpaired) electrons. The van der Waals surface area contributed by atoms with Crippen molar-refractivity contribution in [3.8, 4) is 0 Å². The Morgan fingerprint density at radius 1 is 0.882 bits per heavy atom. The van der Waals surface area contributed by atoms with Crippen LogP contribution in [-0.4, -0.2) is 22.4 Å². The fourth-order valence-corrected chi connectivity index (χ4v) is 1.71. The predicted molar refractivity (Wildman–Crippen MR) is 73.9 cm³/mol. The van der Waals surface area contributed by atoms with E-state index in [1.807, 2.05) is 20.8 Å². The Morgan fingerprint density at radius 3 is 1.71 bits per heavy atom. The molecule has 0 aliphatic rings. The van der Waals surface area contributed by atoms with Gasteiger partial charge in [0.05, 0.1) is 12.2 Å². The highest BCUT2D eigenvalue weighted by Crippen LogP contribution is 2.33. The molecule has 2 N–H and O–H groups in total. The van der Waals surface area contributed by atoms with Crippen molar-refractivity contribution >= 4 is 0 Å². The third kappa shape index (κ3) is 6.42. The quantitative estimate of drug-likeness (QED) is 0.749. The minimum Gasteiger partial charge on any atom is -0.392 e. The highest BCUT2D eigenvalue weighted by molar-refractivity contribution is 4.84. The van der Waals surface area contributed by atoms with Gasteiger partial charge in [-0.3, -0.25) is 0 Å². The zero-order chi connectivity index (χ0) is 13.9. The molecule has 0 aliphatic carbocycles. The first-order valence-electron chi connectivity index (χ1n) is 6.83. The fraction of sp³-hybridized carbons (Fsp3) is 1.00. The first-order chi connectivity index (χ1) is 7.47. The lowest BCUT2D eigenvalue weighted by molar-refractivity contribution is -0.0335. The molecule has 0 aromatic rings. The van der Waals surface area contributed by atoms with E-state index in [1.54, 1.807) is 0 Å². The number of aliphatic hydroxyl groups is 2. The van der Waals surface area contributed by atoms with E-state index < -0.39 is 12.2 Å². The monoisotopic (exact) mass is 244 g/mol. The molecular weight excluding hydrogens is 212 g/mol. The van der Waals surface area contributed by atoms with Crippen molar-refractivity contribution in [2.24, 2.45) is 16.7 Å². The number of hydrogen-bond donors (Lipinski definition) is 2. The van der Waals surface area contributed by atoms with Crippen LogP contribution in [0.1, 0.15) is 67.7 Å². The lowest BCUT2D eigenvalue weighted by Gasteiger charge is -2.35. The SMILES string of the molecule is CC(C)CCC(C)(C)C(O)CC(O)C(C)(C)C. The summed E-state index contributed by atoms with van der Waals surface area (Å²) >= 11 is 0. The van der Waals surface area contributed by atoms with Crippen molar-refractivity contribution < 1.29 is 10.2 Å². The Kier molecular flexibility index (Phi) is 6.16. The first kappa shape index (κ1) is 16.9. The minimum absolute atomic E-state index is 0.115. The highest BCUT2D eigenvalue weighted by Gasteiger charge is 2.32. The average molecular weight is 244 g/mol. The van der Waals surface area contributed by atoms with Crippen LogP contribution in [0.4, 0.5) is 0 Å². The van der Waals surface area contributed by atoms with E-state index in [0.717, 1.165) is 12.8 Å². The summed E-state index contributed by atoms with van der Waals surface area (Å²) in [6.45, 7) is 14.6. The summed E-state index contributed by atoms with van der Waals surface area (Å²) < 4.78 is 0. The molecule has 104 valence electrons. The van der Waals surface area contributed by atoms with Crippen LogP contribution < -0.4 is 0 Å². The van der Waals surface area contributed by atoms with Gasteiger partial charge in [-0.15, -0.1) is 0 Å². The van der Waals surface area contributed by atoms with E-state index in [9.17, 15) is 10.2 Å². The molecule has 0 saturated heterocycles. The first-order valence-corrected chi connectivity index (χ1v) is 6.83. The van der Waals surface area contributed by atoms with Gasteiger partial charge in [-0.1, -0.05) is 54.9 Å². The smallest absolute Gasteiger partial charge is 0.0615 e. The van der Waals surface area contributed by atoms with Crippen molar-refractivity contribution in [1.29, 1.82) is 0 Å². The van der Waals surface area contributed by atoms with Crippen LogP contribution in [0, 0.1) is 16.7 Å². The molecule has 2 heteroatoms. The van der Waals surface area contributed by atoms with Crippen LogP contribution in [-0.2, 0) is 0 Å². The van der Waals surface area contributed by atoms with Crippen LogP contribution in [0.3, 0.4) is 0 Å². The molecular formula is C15H32O2.